The third-order valence-corrected chi connectivity index (χ3v) is 6.17. The van der Waals surface area contributed by atoms with Crippen molar-refractivity contribution in [3.05, 3.63) is 35.4 Å². The first-order chi connectivity index (χ1) is 13.5. The number of guanidine groups is 1. The molecule has 2 N–H and O–H groups in total. The summed E-state index contributed by atoms with van der Waals surface area (Å²) in [5.74, 6) is 1.02. The van der Waals surface area contributed by atoms with E-state index in [-0.39, 0.29) is 35.3 Å². The second-order valence-electron chi connectivity index (χ2n) is 8.33. The zero-order chi connectivity index (χ0) is 20.0. The highest BCUT2D eigenvalue weighted by molar-refractivity contribution is 14.0. The predicted molar refractivity (Wildman–Crippen MR) is 130 cm³/mol. The molecule has 0 aromatic heterocycles. The SMILES string of the molecule is CN=C(NCCN1CCc2ccccc2C1)NCC1(C(=O)N(C)C)CCCC1.I. The Bertz CT molecular complexity index is 700. The molecule has 1 heterocycles. The van der Waals surface area contributed by atoms with E-state index in [1.165, 1.54) is 11.1 Å². The molecule has 0 spiro atoms. The van der Waals surface area contributed by atoms with Crippen molar-refractivity contribution in [2.75, 3.05) is 47.3 Å². The third-order valence-electron chi connectivity index (χ3n) is 6.17. The van der Waals surface area contributed by atoms with Crippen LogP contribution in [0.5, 0.6) is 0 Å². The summed E-state index contributed by atoms with van der Waals surface area (Å²) in [5.41, 5.74) is 2.65. The van der Waals surface area contributed by atoms with Crippen molar-refractivity contribution in [3.63, 3.8) is 0 Å². The second kappa shape index (κ2) is 11.2. The molecule has 0 radical (unpaired) electrons. The standard InChI is InChI=1S/C22H35N5O.HI/c1-23-21(25-17-22(11-6-7-12-22)20(28)26(2)3)24-13-15-27-14-10-18-8-4-5-9-19(18)16-27;/h4-5,8-9H,6-7,10-17H2,1-3H3,(H2,23,24,25);1H. The molecule has 1 aliphatic heterocycles. The molecule has 3 rings (SSSR count). The molecule has 1 amide bonds. The van der Waals surface area contributed by atoms with Gasteiger partial charge in [0.15, 0.2) is 5.96 Å². The first kappa shape index (κ1) is 23.9. The van der Waals surface area contributed by atoms with Crippen LogP contribution >= 0.6 is 24.0 Å². The van der Waals surface area contributed by atoms with Crippen LogP contribution in [0.2, 0.25) is 0 Å². The summed E-state index contributed by atoms with van der Waals surface area (Å²) in [4.78, 5) is 21.3. The lowest BCUT2D eigenvalue weighted by atomic mass is 9.84. The molecule has 0 saturated heterocycles. The molecule has 162 valence electrons. The third kappa shape index (κ3) is 6.07. The molecular weight excluding hydrogens is 477 g/mol. The minimum Gasteiger partial charge on any atom is -0.355 e. The van der Waals surface area contributed by atoms with Gasteiger partial charge in [0.1, 0.15) is 0 Å². The number of halogens is 1. The van der Waals surface area contributed by atoms with Crippen molar-refractivity contribution in [1.29, 1.82) is 0 Å². The lowest BCUT2D eigenvalue weighted by Crippen LogP contribution is -2.50. The number of hydrogen-bond acceptors (Lipinski definition) is 3. The average Bonchev–Trinajstić information content (AvgIpc) is 3.19. The van der Waals surface area contributed by atoms with Crippen molar-refractivity contribution < 1.29 is 4.79 Å². The van der Waals surface area contributed by atoms with Gasteiger partial charge in [0.2, 0.25) is 5.91 Å². The fourth-order valence-electron chi connectivity index (χ4n) is 4.54. The fraction of sp³-hybridized carbons (Fsp3) is 0.636. The predicted octanol–water partition coefficient (Wildman–Crippen LogP) is 2.48. The smallest absolute Gasteiger partial charge is 0.230 e. The fourth-order valence-corrected chi connectivity index (χ4v) is 4.54. The maximum Gasteiger partial charge on any atom is 0.230 e. The Labute approximate surface area is 192 Å². The van der Waals surface area contributed by atoms with Gasteiger partial charge in [0, 0.05) is 53.9 Å². The van der Waals surface area contributed by atoms with Crippen LogP contribution < -0.4 is 10.6 Å². The largest absolute Gasteiger partial charge is 0.355 e. The molecule has 1 aliphatic carbocycles. The quantitative estimate of drug-likeness (QED) is 0.349. The van der Waals surface area contributed by atoms with E-state index < -0.39 is 0 Å². The Hall–Kier alpha value is -1.35. The van der Waals surface area contributed by atoms with E-state index in [0.717, 1.165) is 64.2 Å². The average molecular weight is 513 g/mol. The van der Waals surface area contributed by atoms with E-state index in [9.17, 15) is 4.79 Å². The van der Waals surface area contributed by atoms with Crippen LogP contribution in [-0.4, -0.2) is 69.0 Å². The minimum atomic E-state index is -0.280. The van der Waals surface area contributed by atoms with Crippen LogP contribution in [-0.2, 0) is 17.8 Å². The van der Waals surface area contributed by atoms with Crippen molar-refractivity contribution in [2.24, 2.45) is 10.4 Å². The molecule has 7 heteroatoms. The minimum absolute atomic E-state index is 0. The van der Waals surface area contributed by atoms with Crippen molar-refractivity contribution >= 4 is 35.8 Å². The summed E-state index contributed by atoms with van der Waals surface area (Å²) < 4.78 is 0. The first-order valence-corrected chi connectivity index (χ1v) is 10.5. The normalized spacial score (nSPS) is 18.5. The summed E-state index contributed by atoms with van der Waals surface area (Å²) in [6.45, 7) is 4.60. The van der Waals surface area contributed by atoms with Crippen LogP contribution in [0, 0.1) is 5.41 Å². The van der Waals surface area contributed by atoms with Gasteiger partial charge in [-0.2, -0.15) is 0 Å². The molecule has 2 aliphatic rings. The van der Waals surface area contributed by atoms with Gasteiger partial charge in [-0.3, -0.25) is 14.7 Å². The molecule has 1 aromatic carbocycles. The summed E-state index contributed by atoms with van der Waals surface area (Å²) in [7, 11) is 5.50. The first-order valence-electron chi connectivity index (χ1n) is 10.5. The maximum atomic E-state index is 12.7. The molecule has 0 unspecified atom stereocenters. The molecule has 0 atom stereocenters. The van der Waals surface area contributed by atoms with E-state index >= 15 is 0 Å². The molecule has 1 aromatic rings. The van der Waals surface area contributed by atoms with Crippen LogP contribution in [0.3, 0.4) is 0 Å². The van der Waals surface area contributed by atoms with Crippen molar-refractivity contribution in [1.82, 2.24) is 20.4 Å². The maximum absolute atomic E-state index is 12.7. The molecule has 29 heavy (non-hydrogen) atoms. The number of benzene rings is 1. The number of carbonyl (C=O) groups excluding carboxylic acids is 1. The topological polar surface area (TPSA) is 60.0 Å². The van der Waals surface area contributed by atoms with E-state index in [1.54, 1.807) is 11.9 Å². The molecule has 0 bridgehead atoms. The lowest BCUT2D eigenvalue weighted by molar-refractivity contribution is -0.138. The number of hydrogen-bond donors (Lipinski definition) is 2. The Morgan fingerprint density at radius 2 is 1.86 bits per heavy atom. The number of carbonyl (C=O) groups is 1. The van der Waals surface area contributed by atoms with Gasteiger partial charge in [-0.15, -0.1) is 24.0 Å². The van der Waals surface area contributed by atoms with Gasteiger partial charge in [-0.1, -0.05) is 37.1 Å². The van der Waals surface area contributed by atoms with Crippen LogP contribution in [0.1, 0.15) is 36.8 Å². The zero-order valence-electron chi connectivity index (χ0n) is 18.0. The number of nitrogens with one attached hydrogen (secondary N) is 2. The Morgan fingerprint density at radius 3 is 2.52 bits per heavy atom. The molecular formula is C22H36IN5O. The van der Waals surface area contributed by atoms with Crippen LogP contribution in [0.15, 0.2) is 29.3 Å². The summed E-state index contributed by atoms with van der Waals surface area (Å²) >= 11 is 0. The van der Waals surface area contributed by atoms with Gasteiger partial charge in [-0.05, 0) is 30.4 Å². The van der Waals surface area contributed by atoms with E-state index in [1.807, 2.05) is 14.1 Å². The summed E-state index contributed by atoms with van der Waals surface area (Å²) in [6, 6.07) is 8.73. The van der Waals surface area contributed by atoms with Gasteiger partial charge in [0.05, 0.1) is 5.41 Å². The Balaban J connectivity index is 0.00000300. The molecule has 1 saturated carbocycles. The van der Waals surface area contributed by atoms with Crippen molar-refractivity contribution in [2.45, 2.75) is 38.6 Å². The number of nitrogens with zero attached hydrogens (tertiary/aromatic N) is 3. The highest BCUT2D eigenvalue weighted by Crippen LogP contribution is 2.38. The Morgan fingerprint density at radius 1 is 1.17 bits per heavy atom. The summed E-state index contributed by atoms with van der Waals surface area (Å²) in [5, 5.41) is 6.84. The number of rotatable bonds is 6. The Kier molecular flexibility index (Phi) is 9.20. The van der Waals surface area contributed by atoms with E-state index in [2.05, 4.69) is 44.8 Å². The van der Waals surface area contributed by atoms with Crippen molar-refractivity contribution in [3.8, 4) is 0 Å². The van der Waals surface area contributed by atoms with Crippen LogP contribution in [0.25, 0.3) is 0 Å². The van der Waals surface area contributed by atoms with Gasteiger partial charge in [0.25, 0.3) is 0 Å². The second-order valence-corrected chi connectivity index (χ2v) is 8.33. The number of amides is 1. The van der Waals surface area contributed by atoms with Gasteiger partial charge >= 0.3 is 0 Å². The zero-order valence-corrected chi connectivity index (χ0v) is 20.4. The monoisotopic (exact) mass is 513 g/mol. The highest BCUT2D eigenvalue weighted by atomic mass is 127. The number of fused-ring (bicyclic) bond motifs is 1. The lowest BCUT2D eigenvalue weighted by Gasteiger charge is -2.32. The van der Waals surface area contributed by atoms with Crippen LogP contribution in [0.4, 0.5) is 0 Å². The van der Waals surface area contributed by atoms with Gasteiger partial charge < -0.3 is 15.5 Å². The highest BCUT2D eigenvalue weighted by Gasteiger charge is 2.42. The van der Waals surface area contributed by atoms with E-state index in [0.29, 0.717) is 6.54 Å². The van der Waals surface area contributed by atoms with E-state index in [4.69, 9.17) is 0 Å². The summed E-state index contributed by atoms with van der Waals surface area (Å²) in [6.07, 6.45) is 5.30. The molecule has 1 fully saturated rings. The number of aliphatic imine (C=N–C) groups is 1. The molecule has 6 nitrogen and oxygen atoms in total. The van der Waals surface area contributed by atoms with Gasteiger partial charge in [-0.25, -0.2) is 0 Å².